The van der Waals surface area contributed by atoms with Crippen LogP contribution in [0.5, 0.6) is 0 Å². The minimum Gasteiger partial charge on any atom is -1.00 e. The average Bonchev–Trinajstić information content (AvgIpc) is 2.17. The number of hydrogen-bond donors (Lipinski definition) is 0. The van der Waals surface area contributed by atoms with Gasteiger partial charge < -0.3 is 1.43 Å². The summed E-state index contributed by atoms with van der Waals surface area (Å²) in [5.74, 6) is 0. The molecule has 82 valence electrons. The van der Waals surface area contributed by atoms with Gasteiger partial charge in [-0.25, -0.2) is 0 Å². The van der Waals surface area contributed by atoms with Crippen molar-refractivity contribution in [2.24, 2.45) is 0 Å². The van der Waals surface area contributed by atoms with Gasteiger partial charge in [-0.1, -0.05) is 0 Å². The monoisotopic (exact) mass is 293 g/mol. The fourth-order valence-electron chi connectivity index (χ4n) is 1.91. The standard InChI is InChI=1S/3C4H9.Sn.2H/c3*1-3-4-2;;;/h3*1,3-4H2,2H3;;;/q;;;;;-1. The molecule has 0 fully saturated rings. The Balaban J connectivity index is 0. The van der Waals surface area contributed by atoms with Crippen LogP contribution >= 0.6 is 0 Å². The molecule has 0 unspecified atom stereocenters. The Morgan fingerprint density at radius 2 is 1.00 bits per heavy atom. The van der Waals surface area contributed by atoms with E-state index in [0.29, 0.717) is 0 Å². The molecule has 0 rings (SSSR count). The third-order valence-electron chi connectivity index (χ3n) is 2.90. The summed E-state index contributed by atoms with van der Waals surface area (Å²) in [6.45, 7) is 7.01. The van der Waals surface area contributed by atoms with Gasteiger partial charge in [-0.05, 0) is 0 Å². The molecule has 0 aromatic carbocycles. The predicted molar refractivity (Wildman–Crippen MR) is 67.4 cm³/mol. The van der Waals surface area contributed by atoms with E-state index >= 15 is 0 Å². The van der Waals surface area contributed by atoms with E-state index in [2.05, 4.69) is 20.8 Å². The van der Waals surface area contributed by atoms with Crippen LogP contribution in [0.3, 0.4) is 0 Å². The van der Waals surface area contributed by atoms with Crippen LogP contribution in [0.15, 0.2) is 0 Å². The normalized spacial score (nSPS) is 11.1. The topological polar surface area (TPSA) is 0 Å². The van der Waals surface area contributed by atoms with Crippen molar-refractivity contribution in [2.45, 2.75) is 72.6 Å². The molecule has 0 radical (unpaired) electrons. The van der Waals surface area contributed by atoms with Crippen LogP contribution in [-0.2, 0) is 0 Å². The van der Waals surface area contributed by atoms with Crippen molar-refractivity contribution in [3.63, 3.8) is 0 Å². The van der Waals surface area contributed by atoms with E-state index in [-0.39, 0.29) is 1.43 Å². The fourth-order valence-corrected chi connectivity index (χ4v) is 12.8. The summed E-state index contributed by atoms with van der Waals surface area (Å²) in [6.07, 6.45) is 8.87. The Kier molecular flexibility index (Phi) is 11.5. The summed E-state index contributed by atoms with van der Waals surface area (Å²) in [5, 5.41) is 0. The van der Waals surface area contributed by atoms with E-state index in [1.165, 1.54) is 38.5 Å². The zero-order chi connectivity index (χ0) is 9.94. The van der Waals surface area contributed by atoms with Crippen LogP contribution in [0.25, 0.3) is 0 Å². The van der Waals surface area contributed by atoms with Crippen molar-refractivity contribution in [1.82, 2.24) is 0 Å². The van der Waals surface area contributed by atoms with Gasteiger partial charge in [-0.2, -0.15) is 0 Å². The van der Waals surface area contributed by atoms with Gasteiger partial charge >= 0.3 is 92.4 Å². The fraction of sp³-hybridized carbons (Fsp3) is 1.00. The number of unbranched alkanes of at least 4 members (excludes halogenated alkanes) is 3. The predicted octanol–water partition coefficient (Wildman–Crippen LogP) is 4.73. The molecule has 0 saturated carbocycles. The Morgan fingerprint density at radius 3 is 1.23 bits per heavy atom. The van der Waals surface area contributed by atoms with E-state index in [4.69, 9.17) is 0 Å². The van der Waals surface area contributed by atoms with Crippen LogP contribution in [0.1, 0.15) is 60.7 Å². The summed E-state index contributed by atoms with van der Waals surface area (Å²) in [7, 11) is 0. The van der Waals surface area contributed by atoms with Crippen molar-refractivity contribution < 1.29 is 1.43 Å². The molecule has 0 aromatic heterocycles. The van der Waals surface area contributed by atoms with Gasteiger partial charge in [0.15, 0.2) is 0 Å². The van der Waals surface area contributed by atoms with E-state index in [1.54, 1.807) is 13.3 Å². The molecule has 1 heteroatoms. The van der Waals surface area contributed by atoms with E-state index in [9.17, 15) is 0 Å². The minimum absolute atomic E-state index is 0. The van der Waals surface area contributed by atoms with Crippen LogP contribution in [0, 0.1) is 0 Å². The van der Waals surface area contributed by atoms with Crippen molar-refractivity contribution in [2.75, 3.05) is 0 Å². The molecule has 0 nitrogen and oxygen atoms in total. The van der Waals surface area contributed by atoms with Gasteiger partial charge in [0.05, 0.1) is 0 Å². The third kappa shape index (κ3) is 9.11. The largest absolute Gasteiger partial charge is 1.00 e. The first-order valence-corrected chi connectivity index (χ1v) is 13.3. The molecule has 0 saturated heterocycles. The molecule has 0 spiro atoms. The molecule has 13 heavy (non-hydrogen) atoms. The second kappa shape index (κ2) is 10.9. The van der Waals surface area contributed by atoms with Crippen LogP contribution < -0.4 is 0 Å². The maximum atomic E-state index is 2.34. The number of hydrogen-bond acceptors (Lipinski definition) is 0. The molecular formula is C12H29Sn-. The van der Waals surface area contributed by atoms with Crippen LogP contribution in [0.4, 0.5) is 0 Å². The molecule has 0 aromatic rings. The molecule has 0 amide bonds. The number of rotatable bonds is 9. The van der Waals surface area contributed by atoms with E-state index in [0.717, 1.165) is 0 Å². The Labute approximate surface area is 93.7 Å². The van der Waals surface area contributed by atoms with E-state index < -0.39 is 19.8 Å². The molecular weight excluding hydrogens is 263 g/mol. The smallest absolute Gasteiger partial charge is 1.00 e. The SMILES string of the molecule is CCC[CH2][SnH]([CH2]CCC)[CH2]CCC.[H-]. The average molecular weight is 292 g/mol. The second-order valence-corrected chi connectivity index (χ2v) is 14.2. The Morgan fingerprint density at radius 1 is 0.692 bits per heavy atom. The first-order valence-electron chi connectivity index (χ1n) is 6.35. The van der Waals surface area contributed by atoms with Gasteiger partial charge in [0.1, 0.15) is 0 Å². The second-order valence-electron chi connectivity index (χ2n) is 4.29. The Bertz CT molecular complexity index is 77.3. The summed E-state index contributed by atoms with van der Waals surface area (Å²) < 4.78 is 5.08. The summed E-state index contributed by atoms with van der Waals surface area (Å²) in [4.78, 5) is 0. The summed E-state index contributed by atoms with van der Waals surface area (Å²) in [5.41, 5.74) is 0. The van der Waals surface area contributed by atoms with Crippen molar-refractivity contribution in [3.8, 4) is 0 Å². The molecule has 0 aliphatic carbocycles. The van der Waals surface area contributed by atoms with E-state index in [1.807, 2.05) is 0 Å². The van der Waals surface area contributed by atoms with Gasteiger partial charge in [-0.15, -0.1) is 0 Å². The zero-order valence-corrected chi connectivity index (χ0v) is 13.2. The molecule has 0 bridgehead atoms. The van der Waals surface area contributed by atoms with Crippen LogP contribution in [0.2, 0.25) is 13.3 Å². The van der Waals surface area contributed by atoms with Crippen molar-refractivity contribution >= 4 is 19.8 Å². The quantitative estimate of drug-likeness (QED) is 0.539. The van der Waals surface area contributed by atoms with Gasteiger partial charge in [0.25, 0.3) is 0 Å². The zero-order valence-electron chi connectivity index (χ0n) is 10.9. The molecule has 0 atom stereocenters. The van der Waals surface area contributed by atoms with Gasteiger partial charge in [0.2, 0.25) is 0 Å². The maximum Gasteiger partial charge on any atom is -1.00 e. The first-order chi connectivity index (χ1) is 6.35. The molecule has 0 heterocycles. The Hall–Kier alpha value is 0.799. The van der Waals surface area contributed by atoms with Crippen molar-refractivity contribution in [1.29, 1.82) is 0 Å². The van der Waals surface area contributed by atoms with Crippen LogP contribution in [-0.4, -0.2) is 19.8 Å². The van der Waals surface area contributed by atoms with Gasteiger partial charge in [0, 0.05) is 0 Å². The van der Waals surface area contributed by atoms with Gasteiger partial charge in [-0.3, -0.25) is 0 Å². The molecule has 0 aliphatic rings. The third-order valence-corrected chi connectivity index (χ3v) is 13.4. The summed E-state index contributed by atoms with van der Waals surface area (Å²) in [6, 6.07) is 0. The summed E-state index contributed by atoms with van der Waals surface area (Å²) >= 11 is -0.967. The molecule has 0 aliphatic heterocycles. The maximum absolute atomic E-state index is 2.34. The minimum atomic E-state index is -0.967. The van der Waals surface area contributed by atoms with Crippen molar-refractivity contribution in [3.05, 3.63) is 0 Å². The first kappa shape index (κ1) is 13.8. The molecule has 0 N–H and O–H groups in total.